The minimum atomic E-state index is -3.77. The zero-order valence-electron chi connectivity index (χ0n) is 18.0. The van der Waals surface area contributed by atoms with E-state index in [0.29, 0.717) is 29.1 Å². The Morgan fingerprint density at radius 3 is 2.73 bits per heavy atom. The number of nitrogens with one attached hydrogen (secondary N) is 2. The summed E-state index contributed by atoms with van der Waals surface area (Å²) in [6.45, 7) is 6.09. The molecular weight excluding hydrogens is 472 g/mol. The molecule has 1 saturated heterocycles. The number of nitrogens with zero attached hydrogens (tertiary/aromatic N) is 5. The normalized spacial score (nSPS) is 20.5. The third-order valence-electron chi connectivity index (χ3n) is 5.93. The Bertz CT molecular complexity index is 1310. The van der Waals surface area contributed by atoms with E-state index >= 15 is 0 Å². The van der Waals surface area contributed by atoms with Crippen LogP contribution in [0.15, 0.2) is 23.1 Å². The first-order chi connectivity index (χ1) is 15.7. The number of hydrogen-bond donors (Lipinski definition) is 2. The Morgan fingerprint density at radius 2 is 2.06 bits per heavy atom. The fourth-order valence-electron chi connectivity index (χ4n) is 3.78. The van der Waals surface area contributed by atoms with Crippen LogP contribution in [0.3, 0.4) is 0 Å². The van der Waals surface area contributed by atoms with Gasteiger partial charge in [0.05, 0.1) is 10.4 Å². The molecule has 3 aromatic rings. The average molecular weight is 496 g/mol. The van der Waals surface area contributed by atoms with E-state index in [9.17, 15) is 17.2 Å². The van der Waals surface area contributed by atoms with Crippen molar-refractivity contribution in [3.8, 4) is 10.7 Å². The van der Waals surface area contributed by atoms with Crippen LogP contribution in [0.25, 0.3) is 21.6 Å². The predicted molar refractivity (Wildman–Crippen MR) is 121 cm³/mol. The highest BCUT2D eigenvalue weighted by molar-refractivity contribution is 7.89. The molecule has 33 heavy (non-hydrogen) atoms. The summed E-state index contributed by atoms with van der Waals surface area (Å²) in [7, 11) is -3.77. The summed E-state index contributed by atoms with van der Waals surface area (Å²) in [5.74, 6) is 0.444. The van der Waals surface area contributed by atoms with Gasteiger partial charge in [0.1, 0.15) is 5.69 Å². The van der Waals surface area contributed by atoms with Gasteiger partial charge in [0.25, 0.3) is 6.43 Å². The van der Waals surface area contributed by atoms with Gasteiger partial charge >= 0.3 is 0 Å². The predicted octanol–water partition coefficient (Wildman–Crippen LogP) is 2.71. The van der Waals surface area contributed by atoms with Crippen LogP contribution in [0.4, 0.5) is 14.7 Å². The number of hydrogen-bond acceptors (Lipinski definition) is 9. The zero-order chi connectivity index (χ0) is 23.4. The smallest absolute Gasteiger partial charge is 0.291 e. The highest BCUT2D eigenvalue weighted by Gasteiger charge is 2.41. The van der Waals surface area contributed by atoms with Gasteiger partial charge in [-0.2, -0.15) is 0 Å². The minimum absolute atomic E-state index is 0.0647. The molecule has 2 aromatic heterocycles. The minimum Gasteiger partial charge on any atom is -0.336 e. The molecule has 13 heteroatoms. The van der Waals surface area contributed by atoms with Crippen LogP contribution < -0.4 is 14.9 Å². The van der Waals surface area contributed by atoms with Crippen molar-refractivity contribution in [3.63, 3.8) is 0 Å². The van der Waals surface area contributed by atoms with Crippen LogP contribution in [0.1, 0.15) is 38.1 Å². The van der Waals surface area contributed by atoms with E-state index in [1.54, 1.807) is 6.07 Å². The van der Waals surface area contributed by atoms with Gasteiger partial charge < -0.3 is 10.2 Å². The monoisotopic (exact) mass is 495 g/mol. The van der Waals surface area contributed by atoms with Gasteiger partial charge in [-0.05, 0) is 44.9 Å². The number of aromatic nitrogens is 4. The van der Waals surface area contributed by atoms with Gasteiger partial charge in [0, 0.05) is 36.6 Å². The topological polar surface area (TPSA) is 113 Å². The molecule has 0 spiro atoms. The molecule has 1 saturated carbocycles. The highest BCUT2D eigenvalue weighted by Crippen LogP contribution is 2.37. The van der Waals surface area contributed by atoms with Crippen LogP contribution in [0.5, 0.6) is 0 Å². The summed E-state index contributed by atoms with van der Waals surface area (Å²) in [6, 6.07) is 4.73. The van der Waals surface area contributed by atoms with Gasteiger partial charge in [-0.1, -0.05) is 11.3 Å². The lowest BCUT2D eigenvalue weighted by molar-refractivity contribution is 0.150. The molecule has 1 aliphatic carbocycles. The van der Waals surface area contributed by atoms with Crippen molar-refractivity contribution in [3.05, 3.63) is 23.2 Å². The third kappa shape index (κ3) is 4.42. The summed E-state index contributed by atoms with van der Waals surface area (Å²) >= 11 is 0.740. The molecule has 0 radical (unpaired) electrons. The lowest BCUT2D eigenvalue weighted by Crippen LogP contribution is -2.50. The van der Waals surface area contributed by atoms with Crippen molar-refractivity contribution < 1.29 is 17.2 Å². The first kappa shape index (κ1) is 22.4. The average Bonchev–Trinajstić information content (AvgIpc) is 3.28. The van der Waals surface area contributed by atoms with Gasteiger partial charge in [-0.3, -0.25) is 0 Å². The number of anilines is 1. The molecule has 5 rings (SSSR count). The van der Waals surface area contributed by atoms with Gasteiger partial charge in [-0.15, -0.1) is 10.2 Å². The Morgan fingerprint density at radius 1 is 1.27 bits per heavy atom. The largest absolute Gasteiger partial charge is 0.336 e. The lowest BCUT2D eigenvalue weighted by atomic mass is 10.2. The van der Waals surface area contributed by atoms with Crippen LogP contribution in [0.2, 0.25) is 0 Å². The molecule has 1 aliphatic heterocycles. The molecule has 3 heterocycles. The number of benzene rings is 1. The molecule has 0 bridgehead atoms. The molecule has 2 N–H and O–H groups in total. The molecule has 176 valence electrons. The van der Waals surface area contributed by atoms with E-state index < -0.39 is 27.0 Å². The number of rotatable bonds is 6. The summed E-state index contributed by atoms with van der Waals surface area (Å²) < 4.78 is 55.0. The maximum atomic E-state index is 13.2. The fraction of sp³-hybridized carbons (Fsp3) is 0.500. The number of piperazine rings is 1. The van der Waals surface area contributed by atoms with E-state index in [4.69, 9.17) is 0 Å². The molecule has 2 aliphatic rings. The summed E-state index contributed by atoms with van der Waals surface area (Å²) in [6.07, 6.45) is -1.19. The SMILES string of the molecule is C[C@@H]1CNCCN1c1nc(-c2nnc(C(F)F)s2)c2cc(S(=O)(=O)NC3(C)CC3)ccc2n1. The Hall–Kier alpha value is -2.35. The number of alkyl halides is 2. The van der Waals surface area contributed by atoms with Crippen LogP contribution in [-0.4, -0.2) is 59.8 Å². The van der Waals surface area contributed by atoms with Crippen molar-refractivity contribution in [1.29, 1.82) is 0 Å². The van der Waals surface area contributed by atoms with Crippen molar-refractivity contribution in [2.24, 2.45) is 0 Å². The van der Waals surface area contributed by atoms with E-state index in [1.165, 1.54) is 12.1 Å². The summed E-state index contributed by atoms with van der Waals surface area (Å²) in [4.78, 5) is 11.4. The summed E-state index contributed by atoms with van der Waals surface area (Å²) in [5.41, 5.74) is 0.367. The highest BCUT2D eigenvalue weighted by atomic mass is 32.2. The van der Waals surface area contributed by atoms with E-state index in [0.717, 1.165) is 37.3 Å². The maximum absolute atomic E-state index is 13.2. The second kappa shape index (κ2) is 8.15. The van der Waals surface area contributed by atoms with Crippen molar-refractivity contribution in [1.82, 2.24) is 30.2 Å². The van der Waals surface area contributed by atoms with E-state index in [1.807, 2.05) is 18.7 Å². The maximum Gasteiger partial charge on any atom is 0.291 e. The summed E-state index contributed by atoms with van der Waals surface area (Å²) in [5, 5.41) is 11.0. The molecule has 9 nitrogen and oxygen atoms in total. The molecule has 0 amide bonds. The second-order valence-electron chi connectivity index (χ2n) is 8.71. The zero-order valence-corrected chi connectivity index (χ0v) is 19.7. The third-order valence-corrected chi connectivity index (χ3v) is 8.51. The van der Waals surface area contributed by atoms with Gasteiger partial charge in [0.15, 0.2) is 10.0 Å². The molecule has 1 aromatic carbocycles. The fourth-order valence-corrected chi connectivity index (χ4v) is 5.98. The number of sulfonamides is 1. The van der Waals surface area contributed by atoms with Gasteiger partial charge in [-0.25, -0.2) is 31.9 Å². The Kier molecular flexibility index (Phi) is 5.54. The molecule has 2 fully saturated rings. The number of halogens is 2. The lowest BCUT2D eigenvalue weighted by Gasteiger charge is -2.34. The van der Waals surface area contributed by atoms with Crippen LogP contribution in [-0.2, 0) is 10.0 Å². The van der Waals surface area contributed by atoms with E-state index in [-0.39, 0.29) is 15.9 Å². The Balaban J connectivity index is 1.66. The molecular formula is C20H23F2N7O2S2. The van der Waals surface area contributed by atoms with Crippen LogP contribution in [0, 0.1) is 0 Å². The Labute approximate surface area is 193 Å². The first-order valence-corrected chi connectivity index (χ1v) is 12.9. The second-order valence-corrected chi connectivity index (χ2v) is 11.4. The molecule has 0 unspecified atom stereocenters. The van der Waals surface area contributed by atoms with E-state index in [2.05, 4.69) is 30.2 Å². The van der Waals surface area contributed by atoms with Crippen molar-refractivity contribution >= 4 is 38.2 Å². The quantitative estimate of drug-likeness (QED) is 0.537. The van der Waals surface area contributed by atoms with Crippen molar-refractivity contribution in [2.75, 3.05) is 24.5 Å². The number of fused-ring (bicyclic) bond motifs is 1. The first-order valence-electron chi connectivity index (χ1n) is 10.6. The van der Waals surface area contributed by atoms with Crippen LogP contribution >= 0.6 is 11.3 Å². The van der Waals surface area contributed by atoms with Gasteiger partial charge in [0.2, 0.25) is 16.0 Å². The van der Waals surface area contributed by atoms with Crippen molar-refractivity contribution in [2.45, 2.75) is 49.6 Å². The molecule has 1 atom stereocenters. The standard InChI is InChI=1S/C20H23F2N7O2S2/c1-11-10-23-7-8-29(11)19-24-14-4-3-12(33(30,31)28-20(2)5-6-20)9-13(14)15(25-19)17-26-27-18(32-17)16(21)22/h3-4,9,11,16,23,28H,5-8,10H2,1-2H3/t11-/m1/s1.